The second-order valence-electron chi connectivity index (χ2n) is 15.9. The van der Waals surface area contributed by atoms with E-state index in [0.29, 0.717) is 11.8 Å². The Balaban J connectivity index is 1.43. The minimum Gasteiger partial charge on any atom is -0.490 e. The van der Waals surface area contributed by atoms with Crippen LogP contribution in [0.4, 0.5) is 5.69 Å². The van der Waals surface area contributed by atoms with E-state index in [1.807, 2.05) is 6.26 Å². The molecule has 0 saturated carbocycles. The third-order valence-corrected chi connectivity index (χ3v) is 10.7. The summed E-state index contributed by atoms with van der Waals surface area (Å²) in [6.07, 6.45) is 8.43. The van der Waals surface area contributed by atoms with Crippen molar-refractivity contribution in [3.8, 4) is 11.1 Å². The topological polar surface area (TPSA) is 21.7 Å². The van der Waals surface area contributed by atoms with Crippen molar-refractivity contribution in [1.29, 1.82) is 0 Å². The van der Waals surface area contributed by atoms with Crippen molar-refractivity contribution in [3.63, 3.8) is 0 Å². The average Bonchev–Trinajstić information content (AvgIpc) is 3.16. The van der Waals surface area contributed by atoms with Crippen molar-refractivity contribution in [2.75, 3.05) is 11.4 Å². The van der Waals surface area contributed by atoms with E-state index in [9.17, 15) is 0 Å². The van der Waals surface area contributed by atoms with Crippen molar-refractivity contribution in [3.05, 3.63) is 148 Å². The van der Waals surface area contributed by atoms with Crippen LogP contribution in [0.2, 0.25) is 0 Å². The molecule has 4 aromatic carbocycles. The lowest BCUT2D eigenvalue weighted by Crippen LogP contribution is -2.32. The molecule has 2 unspecified atom stereocenters. The molecule has 0 radical (unpaired) electrons. The van der Waals surface area contributed by atoms with Crippen LogP contribution in [-0.2, 0) is 14.9 Å². The van der Waals surface area contributed by atoms with Crippen molar-refractivity contribution < 1.29 is 9.47 Å². The van der Waals surface area contributed by atoms with Crippen molar-refractivity contribution >= 4 is 17.0 Å². The Labute approximate surface area is 300 Å². The third-order valence-electron chi connectivity index (χ3n) is 10.7. The Morgan fingerprint density at radius 3 is 2.24 bits per heavy atom. The van der Waals surface area contributed by atoms with E-state index >= 15 is 0 Å². The average molecular weight is 664 g/mol. The third kappa shape index (κ3) is 6.10. The van der Waals surface area contributed by atoms with Gasteiger partial charge in [0, 0.05) is 35.2 Å². The van der Waals surface area contributed by atoms with Crippen molar-refractivity contribution in [2.24, 2.45) is 11.8 Å². The smallest absolute Gasteiger partial charge is 0.169 e. The van der Waals surface area contributed by atoms with Gasteiger partial charge in [0.05, 0.1) is 6.04 Å². The first kappa shape index (κ1) is 34.0. The number of hydrogen-bond donors (Lipinski definition) is 0. The molecular formula is C47H53NO2. The SMILES string of the molecule is CCN1c2cc3c(cc2C(c2ccccc2)=CC1c1cc(C)cc(C)c1C1=COC(CC(C)C)C=C(CC(C)C)O1)-c1ccccc1C3(C)C. The summed E-state index contributed by atoms with van der Waals surface area (Å²) in [6.45, 7) is 21.4. The normalized spacial score (nSPS) is 19.1. The van der Waals surface area contributed by atoms with Gasteiger partial charge in [-0.1, -0.05) is 114 Å². The standard InChI is InChI=1S/C47H53NO2/c1-10-48-43(40-23-31(6)22-32(7)46(40)45-28-49-34(20-29(2)3)24-35(50-45)21-30(4)5)26-37(33-16-12-11-13-17-33)39-25-38-36-18-14-15-19-41(36)47(8,9)42(38)27-44(39)48/h11-19,22-30,34,43H,10,20-21H2,1-9H3. The molecule has 7 rings (SSSR count). The maximum Gasteiger partial charge on any atom is 0.169 e. The summed E-state index contributed by atoms with van der Waals surface area (Å²) in [5, 5.41) is 0. The van der Waals surface area contributed by atoms with Crippen LogP contribution in [-0.4, -0.2) is 12.6 Å². The van der Waals surface area contributed by atoms with Gasteiger partial charge in [-0.15, -0.1) is 0 Å². The summed E-state index contributed by atoms with van der Waals surface area (Å²) < 4.78 is 13.4. The monoisotopic (exact) mass is 663 g/mol. The van der Waals surface area contributed by atoms with E-state index in [0.717, 1.165) is 36.5 Å². The summed E-state index contributed by atoms with van der Waals surface area (Å²) in [4.78, 5) is 2.60. The molecule has 3 heteroatoms. The van der Waals surface area contributed by atoms with Gasteiger partial charge in [-0.05, 0) is 108 Å². The molecule has 0 bridgehead atoms. The maximum atomic E-state index is 6.90. The molecule has 0 fully saturated rings. The number of fused-ring (bicyclic) bond motifs is 4. The van der Waals surface area contributed by atoms with Crippen LogP contribution in [0.15, 0.2) is 103 Å². The Kier molecular flexibility index (Phi) is 9.05. The Morgan fingerprint density at radius 1 is 0.780 bits per heavy atom. The van der Waals surface area contributed by atoms with Crippen LogP contribution in [0.25, 0.3) is 22.5 Å². The lowest BCUT2D eigenvalue weighted by molar-refractivity contribution is 0.165. The van der Waals surface area contributed by atoms with E-state index in [-0.39, 0.29) is 17.6 Å². The van der Waals surface area contributed by atoms with Gasteiger partial charge in [0.15, 0.2) is 5.76 Å². The first-order valence-corrected chi connectivity index (χ1v) is 18.6. The number of hydrogen-bond acceptors (Lipinski definition) is 3. The lowest BCUT2D eigenvalue weighted by atomic mass is 9.79. The van der Waals surface area contributed by atoms with Gasteiger partial charge in [0.2, 0.25) is 0 Å². The van der Waals surface area contributed by atoms with Gasteiger partial charge in [-0.3, -0.25) is 0 Å². The largest absolute Gasteiger partial charge is 0.490 e. The Morgan fingerprint density at radius 2 is 1.52 bits per heavy atom. The summed E-state index contributed by atoms with van der Waals surface area (Å²) in [5.74, 6) is 2.79. The van der Waals surface area contributed by atoms with E-state index < -0.39 is 0 Å². The van der Waals surface area contributed by atoms with Gasteiger partial charge in [0.25, 0.3) is 0 Å². The number of likely N-dealkylation sites (N-methyl/N-ethyl adjacent to an activating group) is 1. The molecule has 4 aromatic rings. The number of ether oxygens (including phenoxy) is 2. The van der Waals surface area contributed by atoms with Crippen LogP contribution in [0, 0.1) is 25.7 Å². The van der Waals surface area contributed by atoms with Gasteiger partial charge < -0.3 is 14.4 Å². The number of rotatable bonds is 8. The number of benzene rings is 4. The molecule has 0 N–H and O–H groups in total. The zero-order valence-corrected chi connectivity index (χ0v) is 31.4. The zero-order chi connectivity index (χ0) is 35.3. The molecular weight excluding hydrogens is 611 g/mol. The summed E-state index contributed by atoms with van der Waals surface area (Å²) in [5.41, 5.74) is 15.3. The Bertz CT molecular complexity index is 2010. The molecule has 0 amide bonds. The lowest BCUT2D eigenvalue weighted by Gasteiger charge is -2.40. The molecule has 2 heterocycles. The Hall–Kier alpha value is -4.50. The van der Waals surface area contributed by atoms with Crippen LogP contribution in [0.1, 0.15) is 112 Å². The fourth-order valence-electron chi connectivity index (χ4n) is 8.55. The van der Waals surface area contributed by atoms with E-state index in [2.05, 4.69) is 158 Å². The van der Waals surface area contributed by atoms with Crippen LogP contribution >= 0.6 is 0 Å². The predicted octanol–water partition coefficient (Wildman–Crippen LogP) is 12.3. The highest BCUT2D eigenvalue weighted by Gasteiger charge is 2.39. The second kappa shape index (κ2) is 13.3. The van der Waals surface area contributed by atoms with E-state index in [1.165, 1.54) is 61.3 Å². The number of nitrogens with zero attached hydrogens (tertiary/aromatic N) is 1. The minimum absolute atomic E-state index is 0.0108. The number of aryl methyl sites for hydroxylation is 2. The fraction of sp³-hybridized carbons (Fsp3) is 0.362. The van der Waals surface area contributed by atoms with Crippen LogP contribution in [0.5, 0.6) is 0 Å². The van der Waals surface area contributed by atoms with Crippen molar-refractivity contribution in [2.45, 2.75) is 92.7 Å². The highest BCUT2D eigenvalue weighted by atomic mass is 16.5. The minimum atomic E-state index is -0.0863. The summed E-state index contributed by atoms with van der Waals surface area (Å²) in [6, 6.07) is 29.5. The quantitative estimate of drug-likeness (QED) is 0.187. The molecule has 258 valence electrons. The maximum absolute atomic E-state index is 6.90. The molecule has 0 spiro atoms. The predicted molar refractivity (Wildman–Crippen MR) is 210 cm³/mol. The summed E-state index contributed by atoms with van der Waals surface area (Å²) >= 11 is 0. The zero-order valence-electron chi connectivity index (χ0n) is 31.4. The first-order chi connectivity index (χ1) is 24.0. The fourth-order valence-corrected chi connectivity index (χ4v) is 8.55. The highest BCUT2D eigenvalue weighted by Crippen LogP contribution is 2.54. The molecule has 2 aliphatic heterocycles. The van der Waals surface area contributed by atoms with Crippen molar-refractivity contribution in [1.82, 2.24) is 0 Å². The van der Waals surface area contributed by atoms with E-state index in [1.54, 1.807) is 0 Å². The van der Waals surface area contributed by atoms with Crippen LogP contribution < -0.4 is 4.90 Å². The number of allylic oxidation sites excluding steroid dienone is 1. The summed E-state index contributed by atoms with van der Waals surface area (Å²) in [7, 11) is 0. The van der Waals surface area contributed by atoms with Gasteiger partial charge >= 0.3 is 0 Å². The molecule has 50 heavy (non-hydrogen) atoms. The molecule has 2 atom stereocenters. The molecule has 1 aliphatic carbocycles. The number of anilines is 1. The molecule has 0 aromatic heterocycles. The molecule has 0 saturated heterocycles. The second-order valence-corrected chi connectivity index (χ2v) is 15.9. The highest BCUT2D eigenvalue weighted by molar-refractivity contribution is 5.95. The van der Waals surface area contributed by atoms with Gasteiger partial charge in [-0.2, -0.15) is 0 Å². The van der Waals surface area contributed by atoms with Gasteiger partial charge in [0.1, 0.15) is 18.1 Å². The molecule has 3 nitrogen and oxygen atoms in total. The van der Waals surface area contributed by atoms with E-state index in [4.69, 9.17) is 9.47 Å². The first-order valence-electron chi connectivity index (χ1n) is 18.6. The molecule has 3 aliphatic rings. The van der Waals surface area contributed by atoms with Crippen LogP contribution in [0.3, 0.4) is 0 Å². The van der Waals surface area contributed by atoms with Gasteiger partial charge in [-0.25, -0.2) is 0 Å².